The van der Waals surface area contributed by atoms with Crippen LogP contribution in [-0.2, 0) is 0 Å². The molecule has 0 amide bonds. The van der Waals surface area contributed by atoms with Gasteiger partial charge in [0.2, 0.25) is 0 Å². The maximum Gasteiger partial charge on any atom is 0.191 e. The summed E-state index contributed by atoms with van der Waals surface area (Å²) in [6.45, 7) is 6.58. The quantitative estimate of drug-likeness (QED) is 0.571. The number of hydrogen-bond donors (Lipinski definition) is 2. The maximum atomic E-state index is 5.56. The number of likely N-dealkylation sites (N-methyl/N-ethyl adjacent to an activating group) is 1. The van der Waals surface area contributed by atoms with Crippen LogP contribution in [0.4, 0.5) is 0 Å². The van der Waals surface area contributed by atoms with Crippen LogP contribution in [0.2, 0.25) is 0 Å². The third kappa shape index (κ3) is 5.94. The predicted octanol–water partition coefficient (Wildman–Crippen LogP) is 3.24. The van der Waals surface area contributed by atoms with Gasteiger partial charge in [-0.25, -0.2) is 0 Å². The van der Waals surface area contributed by atoms with Gasteiger partial charge in [-0.3, -0.25) is 9.89 Å². The lowest BCUT2D eigenvalue weighted by molar-refractivity contribution is 0.258. The lowest BCUT2D eigenvalue weighted by Crippen LogP contribution is -2.41. The highest BCUT2D eigenvalue weighted by Gasteiger charge is 2.17. The topological polar surface area (TPSA) is 52.8 Å². The third-order valence-corrected chi connectivity index (χ3v) is 4.19. The molecule has 0 spiro atoms. The van der Waals surface area contributed by atoms with Crippen molar-refractivity contribution in [2.75, 3.05) is 33.7 Å². The molecule has 2 atom stereocenters. The van der Waals surface area contributed by atoms with Gasteiger partial charge in [0, 0.05) is 25.6 Å². The molecule has 2 rings (SSSR count). The summed E-state index contributed by atoms with van der Waals surface area (Å²) in [7, 11) is 4.10. The van der Waals surface area contributed by atoms with Gasteiger partial charge >= 0.3 is 0 Å². The first-order valence-electron chi connectivity index (χ1n) is 8.88. The number of furan rings is 1. The van der Waals surface area contributed by atoms with E-state index < -0.39 is 0 Å². The number of guanidine groups is 1. The van der Waals surface area contributed by atoms with Gasteiger partial charge < -0.3 is 15.1 Å². The van der Waals surface area contributed by atoms with Crippen molar-refractivity contribution < 1.29 is 4.42 Å². The van der Waals surface area contributed by atoms with Crippen LogP contribution in [0, 0.1) is 0 Å². The van der Waals surface area contributed by atoms with Crippen molar-refractivity contribution in [3.05, 3.63) is 60.1 Å². The summed E-state index contributed by atoms with van der Waals surface area (Å²) in [5.41, 5.74) is 1.31. The highest BCUT2D eigenvalue weighted by molar-refractivity contribution is 5.79. The van der Waals surface area contributed by atoms with Crippen molar-refractivity contribution >= 4 is 5.96 Å². The molecule has 2 unspecified atom stereocenters. The Morgan fingerprint density at radius 3 is 2.48 bits per heavy atom. The summed E-state index contributed by atoms with van der Waals surface area (Å²) in [5.74, 6) is 2.17. The fourth-order valence-corrected chi connectivity index (χ4v) is 2.67. The zero-order valence-electron chi connectivity index (χ0n) is 15.7. The Labute approximate surface area is 151 Å². The SMILES string of the molecule is CCNC(=NCC(C)c1ccccc1)NCC(c1ccco1)N(C)C. The van der Waals surface area contributed by atoms with E-state index in [0.717, 1.165) is 31.4 Å². The van der Waals surface area contributed by atoms with Crippen molar-refractivity contribution in [3.8, 4) is 0 Å². The zero-order chi connectivity index (χ0) is 18.1. The first-order chi connectivity index (χ1) is 12.1. The van der Waals surface area contributed by atoms with E-state index in [1.807, 2.05) is 18.2 Å². The van der Waals surface area contributed by atoms with E-state index in [0.29, 0.717) is 5.92 Å². The molecular weight excluding hydrogens is 312 g/mol. The van der Waals surface area contributed by atoms with Gasteiger partial charge in [-0.05, 0) is 38.7 Å². The Balaban J connectivity index is 1.97. The van der Waals surface area contributed by atoms with Crippen LogP contribution in [0.3, 0.4) is 0 Å². The van der Waals surface area contributed by atoms with Crippen molar-refractivity contribution in [2.24, 2.45) is 4.99 Å². The van der Waals surface area contributed by atoms with E-state index in [9.17, 15) is 0 Å². The molecule has 0 radical (unpaired) electrons. The first-order valence-corrected chi connectivity index (χ1v) is 8.88. The van der Waals surface area contributed by atoms with Gasteiger partial charge in [-0.2, -0.15) is 0 Å². The molecule has 1 aromatic heterocycles. The smallest absolute Gasteiger partial charge is 0.191 e. The van der Waals surface area contributed by atoms with E-state index in [4.69, 9.17) is 9.41 Å². The molecule has 25 heavy (non-hydrogen) atoms. The van der Waals surface area contributed by atoms with E-state index in [2.05, 4.69) is 67.7 Å². The molecular formula is C20H30N4O. The fraction of sp³-hybridized carbons (Fsp3) is 0.450. The van der Waals surface area contributed by atoms with Gasteiger partial charge in [0.15, 0.2) is 5.96 Å². The molecule has 2 aromatic rings. The minimum atomic E-state index is 0.158. The Kier molecular flexibility index (Phi) is 7.54. The van der Waals surface area contributed by atoms with Crippen molar-refractivity contribution in [3.63, 3.8) is 0 Å². The second-order valence-electron chi connectivity index (χ2n) is 6.41. The van der Waals surface area contributed by atoms with Gasteiger partial charge in [0.05, 0.1) is 12.3 Å². The molecule has 2 N–H and O–H groups in total. The number of nitrogens with one attached hydrogen (secondary N) is 2. The molecule has 0 aliphatic carbocycles. The number of benzene rings is 1. The highest BCUT2D eigenvalue weighted by Crippen LogP contribution is 2.17. The predicted molar refractivity (Wildman–Crippen MR) is 104 cm³/mol. The van der Waals surface area contributed by atoms with E-state index in [1.54, 1.807) is 6.26 Å². The monoisotopic (exact) mass is 342 g/mol. The maximum absolute atomic E-state index is 5.56. The molecule has 1 aromatic carbocycles. The second-order valence-corrected chi connectivity index (χ2v) is 6.41. The lowest BCUT2D eigenvalue weighted by Gasteiger charge is -2.24. The minimum Gasteiger partial charge on any atom is -0.468 e. The van der Waals surface area contributed by atoms with Crippen LogP contribution < -0.4 is 10.6 Å². The molecule has 0 aliphatic heterocycles. The van der Waals surface area contributed by atoms with Gasteiger partial charge in [-0.15, -0.1) is 0 Å². The summed E-state index contributed by atoms with van der Waals surface area (Å²) in [6, 6.07) is 14.6. The van der Waals surface area contributed by atoms with E-state index in [1.165, 1.54) is 5.56 Å². The molecule has 0 aliphatic rings. The normalized spacial score (nSPS) is 14.4. The molecule has 0 saturated heterocycles. The molecule has 0 bridgehead atoms. The average Bonchev–Trinajstić information content (AvgIpc) is 3.14. The van der Waals surface area contributed by atoms with Crippen LogP contribution in [0.1, 0.15) is 37.1 Å². The van der Waals surface area contributed by atoms with Gasteiger partial charge in [-0.1, -0.05) is 37.3 Å². The standard InChI is InChI=1S/C20H30N4O/c1-5-21-20(22-14-16(2)17-10-7-6-8-11-17)23-15-18(24(3)4)19-12-9-13-25-19/h6-13,16,18H,5,14-15H2,1-4H3,(H2,21,22,23). The molecule has 5 nitrogen and oxygen atoms in total. The third-order valence-electron chi connectivity index (χ3n) is 4.19. The second kappa shape index (κ2) is 9.89. The van der Waals surface area contributed by atoms with E-state index >= 15 is 0 Å². The van der Waals surface area contributed by atoms with Crippen molar-refractivity contribution in [1.29, 1.82) is 0 Å². The molecule has 5 heteroatoms. The van der Waals surface area contributed by atoms with Gasteiger partial charge in [0.1, 0.15) is 5.76 Å². The van der Waals surface area contributed by atoms with Crippen LogP contribution in [-0.4, -0.2) is 44.6 Å². The number of rotatable bonds is 8. The summed E-state index contributed by atoms with van der Waals surface area (Å²) in [5, 5.41) is 6.75. The zero-order valence-corrected chi connectivity index (χ0v) is 15.7. The minimum absolute atomic E-state index is 0.158. The Morgan fingerprint density at radius 2 is 1.88 bits per heavy atom. The lowest BCUT2D eigenvalue weighted by atomic mass is 10.0. The van der Waals surface area contributed by atoms with Crippen molar-refractivity contribution in [2.45, 2.75) is 25.8 Å². The van der Waals surface area contributed by atoms with Crippen LogP contribution in [0.25, 0.3) is 0 Å². The van der Waals surface area contributed by atoms with Gasteiger partial charge in [0.25, 0.3) is 0 Å². The molecule has 136 valence electrons. The fourth-order valence-electron chi connectivity index (χ4n) is 2.67. The molecule has 0 fully saturated rings. The number of nitrogens with zero attached hydrogens (tertiary/aromatic N) is 2. The summed E-state index contributed by atoms with van der Waals surface area (Å²) in [4.78, 5) is 6.89. The average molecular weight is 342 g/mol. The summed E-state index contributed by atoms with van der Waals surface area (Å²) >= 11 is 0. The molecule has 0 saturated carbocycles. The summed E-state index contributed by atoms with van der Waals surface area (Å²) < 4.78 is 5.56. The highest BCUT2D eigenvalue weighted by atomic mass is 16.3. The van der Waals surface area contributed by atoms with E-state index in [-0.39, 0.29) is 6.04 Å². The number of hydrogen-bond acceptors (Lipinski definition) is 3. The van der Waals surface area contributed by atoms with Crippen LogP contribution in [0.5, 0.6) is 0 Å². The number of aliphatic imine (C=N–C) groups is 1. The van der Waals surface area contributed by atoms with Crippen LogP contribution in [0.15, 0.2) is 58.1 Å². The Hall–Kier alpha value is -2.27. The summed E-state index contributed by atoms with van der Waals surface area (Å²) in [6.07, 6.45) is 1.71. The largest absolute Gasteiger partial charge is 0.468 e. The molecule has 1 heterocycles. The Morgan fingerprint density at radius 1 is 1.12 bits per heavy atom. The van der Waals surface area contributed by atoms with Crippen molar-refractivity contribution in [1.82, 2.24) is 15.5 Å². The Bertz CT molecular complexity index is 622. The first kappa shape index (κ1) is 19.1. The van der Waals surface area contributed by atoms with Crippen LogP contribution >= 0.6 is 0 Å².